The lowest BCUT2D eigenvalue weighted by Crippen LogP contribution is -2.22. The fraction of sp³-hybridized carbons (Fsp3) is 0.0500. The molecular formula is C20H13N5O3. The molecule has 8 nitrogen and oxygen atoms in total. The van der Waals surface area contributed by atoms with Gasteiger partial charge in [0.05, 0.1) is 27.5 Å². The Morgan fingerprint density at radius 3 is 2.64 bits per heavy atom. The van der Waals surface area contributed by atoms with Crippen LogP contribution in [0, 0.1) is 17.0 Å². The Morgan fingerprint density at radius 2 is 1.82 bits per heavy atom. The van der Waals surface area contributed by atoms with Gasteiger partial charge in [0.1, 0.15) is 5.69 Å². The van der Waals surface area contributed by atoms with Gasteiger partial charge in [0.2, 0.25) is 0 Å². The van der Waals surface area contributed by atoms with Crippen molar-refractivity contribution in [3.8, 4) is 5.69 Å². The number of nitro benzene ring substituents is 1. The highest BCUT2D eigenvalue weighted by atomic mass is 16.6. The van der Waals surface area contributed by atoms with E-state index in [-0.39, 0.29) is 11.4 Å². The van der Waals surface area contributed by atoms with Crippen molar-refractivity contribution in [2.75, 3.05) is 0 Å². The molecule has 0 fully saturated rings. The second kappa shape index (κ2) is 5.71. The van der Waals surface area contributed by atoms with Crippen molar-refractivity contribution in [2.24, 2.45) is 0 Å². The zero-order valence-corrected chi connectivity index (χ0v) is 14.7. The van der Waals surface area contributed by atoms with Gasteiger partial charge in [0.15, 0.2) is 5.65 Å². The van der Waals surface area contributed by atoms with Crippen LogP contribution in [0.25, 0.3) is 33.1 Å². The van der Waals surface area contributed by atoms with Crippen LogP contribution < -0.4 is 5.56 Å². The summed E-state index contributed by atoms with van der Waals surface area (Å²) in [5.74, 6) is 0. The quantitative estimate of drug-likeness (QED) is 0.350. The third-order valence-corrected chi connectivity index (χ3v) is 4.82. The molecule has 136 valence electrons. The summed E-state index contributed by atoms with van der Waals surface area (Å²) in [7, 11) is 0. The average Bonchev–Trinajstić information content (AvgIpc) is 3.08. The van der Waals surface area contributed by atoms with Crippen LogP contribution in [0.15, 0.2) is 65.6 Å². The van der Waals surface area contributed by atoms with E-state index in [2.05, 4.69) is 10.1 Å². The van der Waals surface area contributed by atoms with Gasteiger partial charge in [0, 0.05) is 17.1 Å². The molecule has 0 radical (unpaired) electrons. The Labute approximate surface area is 157 Å². The molecule has 0 unspecified atom stereocenters. The van der Waals surface area contributed by atoms with Gasteiger partial charge < -0.3 is 0 Å². The topological polar surface area (TPSA) is 95.3 Å². The number of para-hydroxylation sites is 4. The van der Waals surface area contributed by atoms with E-state index in [1.165, 1.54) is 12.1 Å². The van der Waals surface area contributed by atoms with Crippen molar-refractivity contribution in [3.63, 3.8) is 0 Å². The van der Waals surface area contributed by atoms with Crippen LogP contribution >= 0.6 is 0 Å². The second-order valence-corrected chi connectivity index (χ2v) is 6.48. The Bertz CT molecular complexity index is 1480. The standard InChI is InChI=1S/C20H13N5O3/c1-12-10-13-11-21-24(16-8-4-5-9-17(16)25(27)28)20(26)18(13)19-22-14-6-2-3-7-15(14)23(12)19/h2-11H,1H3. The molecule has 0 atom stereocenters. The second-order valence-electron chi connectivity index (χ2n) is 6.48. The maximum Gasteiger partial charge on any atom is 0.295 e. The number of hydrogen-bond acceptors (Lipinski definition) is 5. The molecule has 0 saturated carbocycles. The number of fused-ring (bicyclic) bond motifs is 5. The van der Waals surface area contributed by atoms with Crippen LogP contribution in [0.4, 0.5) is 5.69 Å². The first-order chi connectivity index (χ1) is 13.6. The average molecular weight is 371 g/mol. The van der Waals surface area contributed by atoms with E-state index in [4.69, 9.17) is 0 Å². The Balaban J connectivity index is 1.95. The van der Waals surface area contributed by atoms with E-state index >= 15 is 0 Å². The maximum absolute atomic E-state index is 13.3. The molecule has 0 aliphatic rings. The van der Waals surface area contributed by atoms with Crippen molar-refractivity contribution < 1.29 is 4.92 Å². The monoisotopic (exact) mass is 371 g/mol. The van der Waals surface area contributed by atoms with Crippen molar-refractivity contribution >= 4 is 33.1 Å². The highest BCUT2D eigenvalue weighted by Gasteiger charge is 2.20. The highest BCUT2D eigenvalue weighted by molar-refractivity contribution is 5.97. The molecular weight excluding hydrogens is 358 g/mol. The number of nitro groups is 1. The van der Waals surface area contributed by atoms with Crippen LogP contribution in [0.1, 0.15) is 5.69 Å². The van der Waals surface area contributed by atoms with Gasteiger partial charge in [-0.25, -0.2) is 4.98 Å². The fourth-order valence-electron chi connectivity index (χ4n) is 3.61. The van der Waals surface area contributed by atoms with Gasteiger partial charge in [0.25, 0.3) is 11.2 Å². The molecule has 0 aliphatic carbocycles. The van der Waals surface area contributed by atoms with Gasteiger partial charge in [-0.1, -0.05) is 24.3 Å². The minimum atomic E-state index is -0.526. The van der Waals surface area contributed by atoms with E-state index in [0.717, 1.165) is 21.4 Å². The van der Waals surface area contributed by atoms with Gasteiger partial charge in [-0.15, -0.1) is 0 Å². The van der Waals surface area contributed by atoms with Crippen LogP contribution in [-0.2, 0) is 0 Å². The summed E-state index contributed by atoms with van der Waals surface area (Å²) >= 11 is 0. The molecule has 5 aromatic rings. The molecule has 5 rings (SSSR count). The summed E-state index contributed by atoms with van der Waals surface area (Å²) < 4.78 is 2.98. The molecule has 3 aromatic heterocycles. The number of benzene rings is 2. The molecule has 28 heavy (non-hydrogen) atoms. The van der Waals surface area contributed by atoms with E-state index in [1.54, 1.807) is 18.3 Å². The van der Waals surface area contributed by atoms with E-state index in [1.807, 2.05) is 41.7 Å². The lowest BCUT2D eigenvalue weighted by Gasteiger charge is -2.09. The maximum atomic E-state index is 13.3. The third-order valence-electron chi connectivity index (χ3n) is 4.82. The zero-order valence-electron chi connectivity index (χ0n) is 14.7. The zero-order chi connectivity index (χ0) is 19.4. The molecule has 0 amide bonds. The van der Waals surface area contributed by atoms with Crippen LogP contribution in [-0.4, -0.2) is 24.1 Å². The number of rotatable bonds is 2. The minimum Gasteiger partial charge on any atom is -0.296 e. The van der Waals surface area contributed by atoms with Gasteiger partial charge in [-0.3, -0.25) is 19.3 Å². The first-order valence-electron chi connectivity index (χ1n) is 8.59. The molecule has 8 heteroatoms. The third kappa shape index (κ3) is 2.14. The number of imidazole rings is 1. The van der Waals surface area contributed by atoms with Crippen molar-refractivity contribution in [3.05, 3.63) is 87.0 Å². The SMILES string of the molecule is Cc1cc2cnn(-c3ccccc3[N+](=O)[O-])c(=O)c2c2nc3ccccc3n12. The molecule has 0 aliphatic heterocycles. The Hall–Kier alpha value is -4.07. The number of aryl methyl sites for hydroxylation is 1. The van der Waals surface area contributed by atoms with Crippen molar-refractivity contribution in [2.45, 2.75) is 6.92 Å². The number of hydrogen-bond donors (Lipinski definition) is 0. The fourth-order valence-corrected chi connectivity index (χ4v) is 3.61. The molecule has 2 aromatic carbocycles. The van der Waals surface area contributed by atoms with E-state index < -0.39 is 10.5 Å². The first kappa shape index (κ1) is 16.1. The van der Waals surface area contributed by atoms with Gasteiger partial charge in [-0.2, -0.15) is 9.78 Å². The molecule has 0 bridgehead atoms. The summed E-state index contributed by atoms with van der Waals surface area (Å²) in [4.78, 5) is 28.8. The predicted molar refractivity (Wildman–Crippen MR) is 105 cm³/mol. The minimum absolute atomic E-state index is 0.120. The van der Waals surface area contributed by atoms with Gasteiger partial charge in [-0.05, 0) is 31.2 Å². The normalized spacial score (nSPS) is 11.5. The number of aromatic nitrogens is 4. The first-order valence-corrected chi connectivity index (χ1v) is 8.59. The van der Waals surface area contributed by atoms with Crippen LogP contribution in [0.5, 0.6) is 0 Å². The smallest absolute Gasteiger partial charge is 0.295 e. The van der Waals surface area contributed by atoms with Crippen molar-refractivity contribution in [1.82, 2.24) is 19.2 Å². The molecule has 0 saturated heterocycles. The lowest BCUT2D eigenvalue weighted by molar-refractivity contribution is -0.384. The lowest BCUT2D eigenvalue weighted by atomic mass is 10.2. The molecule has 0 N–H and O–H groups in total. The number of nitrogens with zero attached hydrogens (tertiary/aromatic N) is 5. The van der Waals surface area contributed by atoms with Crippen LogP contribution in [0.2, 0.25) is 0 Å². The Kier molecular flexibility index (Phi) is 3.29. The summed E-state index contributed by atoms with van der Waals surface area (Å²) in [6, 6.07) is 15.5. The summed E-state index contributed by atoms with van der Waals surface area (Å²) in [5.41, 5.74) is 2.57. The molecule has 3 heterocycles. The summed E-state index contributed by atoms with van der Waals surface area (Å²) in [5, 5.41) is 16.6. The van der Waals surface area contributed by atoms with Crippen molar-refractivity contribution in [1.29, 1.82) is 0 Å². The van der Waals surface area contributed by atoms with Gasteiger partial charge >= 0.3 is 0 Å². The van der Waals surface area contributed by atoms with Crippen LogP contribution in [0.3, 0.4) is 0 Å². The predicted octanol–water partition coefficient (Wildman–Crippen LogP) is 3.40. The molecule has 0 spiro atoms. The van der Waals surface area contributed by atoms with E-state index in [9.17, 15) is 14.9 Å². The Morgan fingerprint density at radius 1 is 1.07 bits per heavy atom. The largest absolute Gasteiger partial charge is 0.296 e. The highest BCUT2D eigenvalue weighted by Crippen LogP contribution is 2.25. The summed E-state index contributed by atoms with van der Waals surface area (Å²) in [6.07, 6.45) is 1.54. The number of pyridine rings is 1. The summed E-state index contributed by atoms with van der Waals surface area (Å²) in [6.45, 7) is 1.94. The van der Waals surface area contributed by atoms with E-state index in [0.29, 0.717) is 16.4 Å².